The topological polar surface area (TPSA) is 71.7 Å². The van der Waals surface area contributed by atoms with Crippen LogP contribution in [-0.2, 0) is 19.7 Å². The maximum Gasteiger partial charge on any atom is 0.191 e. The van der Waals surface area contributed by atoms with Gasteiger partial charge in [0, 0.05) is 19.7 Å². The Morgan fingerprint density at radius 2 is 1.70 bits per heavy atom. The molecule has 160 valence electrons. The van der Waals surface area contributed by atoms with Crippen molar-refractivity contribution in [2.75, 3.05) is 7.05 Å². The summed E-state index contributed by atoms with van der Waals surface area (Å²) in [5.74, 6) is 2.70. The van der Waals surface area contributed by atoms with Crippen LogP contribution in [0.1, 0.15) is 42.3 Å². The molecule has 2 aromatic carbocycles. The van der Waals surface area contributed by atoms with Crippen LogP contribution in [0.15, 0.2) is 70.2 Å². The average Bonchev–Trinajstić information content (AvgIpc) is 3.23. The second-order valence-electron chi connectivity index (χ2n) is 7.07. The summed E-state index contributed by atoms with van der Waals surface area (Å²) in [4.78, 5) is 4.25. The zero-order chi connectivity index (χ0) is 20.5. The van der Waals surface area contributed by atoms with Crippen molar-refractivity contribution < 1.29 is 9.26 Å². The number of guanidine groups is 1. The van der Waals surface area contributed by atoms with Gasteiger partial charge in [-0.05, 0) is 29.2 Å². The van der Waals surface area contributed by atoms with E-state index in [1.165, 1.54) is 0 Å². The summed E-state index contributed by atoms with van der Waals surface area (Å²) in [5.41, 5.74) is 3.25. The van der Waals surface area contributed by atoms with E-state index >= 15 is 0 Å². The van der Waals surface area contributed by atoms with Gasteiger partial charge in [-0.2, -0.15) is 0 Å². The number of nitrogens with one attached hydrogen (secondary N) is 2. The molecule has 0 aliphatic heterocycles. The highest BCUT2D eigenvalue weighted by atomic mass is 127. The number of nitrogens with zero attached hydrogens (tertiary/aromatic N) is 2. The number of rotatable bonds is 8. The molecular formula is C23H29IN4O2. The fourth-order valence-electron chi connectivity index (χ4n) is 2.71. The molecule has 0 bridgehead atoms. The molecule has 0 amide bonds. The third-order valence-corrected chi connectivity index (χ3v) is 4.45. The van der Waals surface area contributed by atoms with Gasteiger partial charge in [0.15, 0.2) is 11.7 Å². The third-order valence-electron chi connectivity index (χ3n) is 4.45. The Hall–Kier alpha value is -2.55. The van der Waals surface area contributed by atoms with E-state index in [2.05, 4.69) is 46.8 Å². The first-order valence-corrected chi connectivity index (χ1v) is 9.79. The maximum atomic E-state index is 5.83. The molecule has 2 N–H and O–H groups in total. The number of aromatic nitrogens is 1. The van der Waals surface area contributed by atoms with Crippen LogP contribution >= 0.6 is 24.0 Å². The predicted molar refractivity (Wildman–Crippen MR) is 130 cm³/mol. The van der Waals surface area contributed by atoms with Gasteiger partial charge in [-0.15, -0.1) is 24.0 Å². The van der Waals surface area contributed by atoms with E-state index in [0.29, 0.717) is 31.6 Å². The Morgan fingerprint density at radius 3 is 2.33 bits per heavy atom. The molecule has 0 radical (unpaired) electrons. The van der Waals surface area contributed by atoms with E-state index in [4.69, 9.17) is 9.26 Å². The lowest BCUT2D eigenvalue weighted by atomic mass is 10.1. The quantitative estimate of drug-likeness (QED) is 0.252. The smallest absolute Gasteiger partial charge is 0.191 e. The molecule has 0 aliphatic rings. The Labute approximate surface area is 195 Å². The van der Waals surface area contributed by atoms with Gasteiger partial charge in [-0.1, -0.05) is 61.5 Å². The van der Waals surface area contributed by atoms with Crippen LogP contribution in [-0.4, -0.2) is 18.2 Å². The van der Waals surface area contributed by atoms with E-state index < -0.39 is 0 Å². The van der Waals surface area contributed by atoms with E-state index in [1.54, 1.807) is 7.05 Å². The number of hydrogen-bond donors (Lipinski definition) is 2. The molecule has 7 heteroatoms. The van der Waals surface area contributed by atoms with Gasteiger partial charge >= 0.3 is 0 Å². The Morgan fingerprint density at radius 1 is 1.00 bits per heavy atom. The van der Waals surface area contributed by atoms with Crippen LogP contribution in [0.5, 0.6) is 5.75 Å². The standard InChI is InChI=1S/C23H28N4O2.HI/c1-17(2)22-13-21(29-27-22)15-26-23(24-3)25-14-18-9-11-20(12-10-18)28-16-19-7-5-4-6-8-19;/h4-13,17H,14-16H2,1-3H3,(H2,24,25,26);1H. The second kappa shape index (κ2) is 12.2. The van der Waals surface area contributed by atoms with Gasteiger partial charge in [0.1, 0.15) is 12.4 Å². The first kappa shape index (κ1) is 23.7. The monoisotopic (exact) mass is 520 g/mol. The number of halogens is 1. The number of hydrogen-bond acceptors (Lipinski definition) is 4. The Kier molecular flexibility index (Phi) is 9.66. The van der Waals surface area contributed by atoms with Crippen LogP contribution in [0, 0.1) is 0 Å². The fourth-order valence-corrected chi connectivity index (χ4v) is 2.71. The van der Waals surface area contributed by atoms with Crippen molar-refractivity contribution in [1.29, 1.82) is 0 Å². The number of ether oxygens (including phenoxy) is 1. The molecule has 30 heavy (non-hydrogen) atoms. The lowest BCUT2D eigenvalue weighted by Crippen LogP contribution is -2.36. The summed E-state index contributed by atoms with van der Waals surface area (Å²) in [6, 6.07) is 20.2. The van der Waals surface area contributed by atoms with Gasteiger partial charge in [-0.3, -0.25) is 4.99 Å². The summed E-state index contributed by atoms with van der Waals surface area (Å²) in [6.07, 6.45) is 0. The molecule has 0 spiro atoms. The molecule has 1 heterocycles. The van der Waals surface area contributed by atoms with Crippen LogP contribution in [0.4, 0.5) is 0 Å². The first-order chi connectivity index (χ1) is 14.1. The zero-order valence-electron chi connectivity index (χ0n) is 17.6. The SMILES string of the molecule is CN=C(NCc1ccc(OCc2ccccc2)cc1)NCc1cc(C(C)C)no1.I. The van der Waals surface area contributed by atoms with Crippen molar-refractivity contribution in [1.82, 2.24) is 15.8 Å². The van der Waals surface area contributed by atoms with Gasteiger partial charge < -0.3 is 19.9 Å². The molecule has 0 unspecified atom stereocenters. The Balaban J connectivity index is 0.00000320. The molecule has 0 fully saturated rings. The number of aliphatic imine (C=N–C) groups is 1. The molecule has 3 rings (SSSR count). The molecule has 0 saturated heterocycles. The average molecular weight is 520 g/mol. The summed E-state index contributed by atoms with van der Waals surface area (Å²) in [7, 11) is 1.75. The summed E-state index contributed by atoms with van der Waals surface area (Å²) >= 11 is 0. The minimum absolute atomic E-state index is 0. The van der Waals surface area contributed by atoms with Crippen LogP contribution < -0.4 is 15.4 Å². The highest BCUT2D eigenvalue weighted by Crippen LogP contribution is 2.15. The molecular weight excluding hydrogens is 491 g/mol. The van der Waals surface area contributed by atoms with Crippen molar-refractivity contribution in [2.24, 2.45) is 4.99 Å². The van der Waals surface area contributed by atoms with E-state index in [-0.39, 0.29) is 24.0 Å². The highest BCUT2D eigenvalue weighted by Gasteiger charge is 2.08. The third kappa shape index (κ3) is 7.37. The van der Waals surface area contributed by atoms with Gasteiger partial charge in [-0.25, -0.2) is 0 Å². The van der Waals surface area contributed by atoms with Crippen molar-refractivity contribution in [3.05, 3.63) is 83.2 Å². The summed E-state index contributed by atoms with van der Waals surface area (Å²) in [5, 5.41) is 10.6. The van der Waals surface area contributed by atoms with Crippen molar-refractivity contribution in [3.63, 3.8) is 0 Å². The first-order valence-electron chi connectivity index (χ1n) is 9.79. The largest absolute Gasteiger partial charge is 0.489 e. The molecule has 1 aromatic heterocycles. The van der Waals surface area contributed by atoms with E-state index in [9.17, 15) is 0 Å². The van der Waals surface area contributed by atoms with Crippen molar-refractivity contribution in [3.8, 4) is 5.75 Å². The van der Waals surface area contributed by atoms with Crippen molar-refractivity contribution in [2.45, 2.75) is 39.5 Å². The fraction of sp³-hybridized carbons (Fsp3) is 0.304. The normalized spacial score (nSPS) is 11.1. The maximum absolute atomic E-state index is 5.83. The van der Waals surface area contributed by atoms with Gasteiger partial charge in [0.25, 0.3) is 0 Å². The minimum Gasteiger partial charge on any atom is -0.489 e. The minimum atomic E-state index is 0. The Bertz CT molecular complexity index is 908. The van der Waals surface area contributed by atoms with Crippen molar-refractivity contribution >= 4 is 29.9 Å². The van der Waals surface area contributed by atoms with Crippen LogP contribution in [0.3, 0.4) is 0 Å². The second-order valence-corrected chi connectivity index (χ2v) is 7.07. The number of benzene rings is 2. The highest BCUT2D eigenvalue weighted by molar-refractivity contribution is 14.0. The zero-order valence-corrected chi connectivity index (χ0v) is 19.9. The summed E-state index contributed by atoms with van der Waals surface area (Å²) < 4.78 is 11.2. The summed E-state index contributed by atoms with van der Waals surface area (Å²) in [6.45, 7) is 5.94. The molecule has 0 atom stereocenters. The van der Waals surface area contributed by atoms with E-state index in [1.807, 2.05) is 48.5 Å². The van der Waals surface area contributed by atoms with E-state index in [0.717, 1.165) is 28.3 Å². The lowest BCUT2D eigenvalue weighted by molar-refractivity contribution is 0.306. The molecule has 3 aromatic rings. The van der Waals surface area contributed by atoms with Gasteiger partial charge in [0.2, 0.25) is 0 Å². The van der Waals surface area contributed by atoms with Crippen LogP contribution in [0.2, 0.25) is 0 Å². The predicted octanol–water partition coefficient (Wildman–Crippen LogP) is 4.86. The molecule has 6 nitrogen and oxygen atoms in total. The van der Waals surface area contributed by atoms with Gasteiger partial charge in [0.05, 0.1) is 12.2 Å². The molecule has 0 saturated carbocycles. The van der Waals surface area contributed by atoms with Crippen LogP contribution in [0.25, 0.3) is 0 Å². The molecule has 0 aliphatic carbocycles. The lowest BCUT2D eigenvalue weighted by Gasteiger charge is -2.11.